The maximum atomic E-state index is 13.1. The number of pyridine rings is 1. The number of likely N-dealkylation sites (tertiary alicyclic amines) is 1. The average Bonchev–Trinajstić information content (AvgIpc) is 3.16. The van der Waals surface area contributed by atoms with Gasteiger partial charge in [-0.1, -0.05) is 18.2 Å². The summed E-state index contributed by atoms with van der Waals surface area (Å²) in [7, 11) is 0. The Bertz CT molecular complexity index is 1110. The largest absolute Gasteiger partial charge is 0.486 e. The second kappa shape index (κ2) is 7.09. The Morgan fingerprint density at radius 3 is 2.63 bits per heavy atom. The third-order valence-corrected chi connectivity index (χ3v) is 6.07. The highest BCUT2D eigenvalue weighted by atomic mass is 16.5. The molecule has 2 aliphatic rings. The number of ketones is 1. The highest BCUT2D eigenvalue weighted by Crippen LogP contribution is 2.39. The zero-order chi connectivity index (χ0) is 20.7. The van der Waals surface area contributed by atoms with E-state index in [-0.39, 0.29) is 11.7 Å². The number of rotatable bonds is 2. The standard InChI is InChI=1S/C23H22N4O3/c1-16-18(15-25-27(16)21-8-4-5-11-24-21)22(29)26-12-9-23(10-13-26)14-19(28)17-6-2-3-7-20(17)30-23/h2-8,11,15H,9-10,12-14H2,1H3. The number of nitrogens with zero attached hydrogens (tertiary/aromatic N) is 4. The summed E-state index contributed by atoms with van der Waals surface area (Å²) in [5, 5.41) is 4.36. The summed E-state index contributed by atoms with van der Waals surface area (Å²) >= 11 is 0. The van der Waals surface area contributed by atoms with Crippen molar-refractivity contribution in [2.75, 3.05) is 13.1 Å². The van der Waals surface area contributed by atoms with Gasteiger partial charge in [0.15, 0.2) is 11.6 Å². The van der Waals surface area contributed by atoms with Crippen molar-refractivity contribution in [3.63, 3.8) is 0 Å². The van der Waals surface area contributed by atoms with Crippen molar-refractivity contribution >= 4 is 11.7 Å². The first kappa shape index (κ1) is 18.5. The molecule has 0 aliphatic carbocycles. The Morgan fingerprint density at radius 1 is 1.10 bits per heavy atom. The molecule has 0 unspecified atom stereocenters. The molecule has 7 heteroatoms. The second-order valence-electron chi connectivity index (χ2n) is 7.92. The summed E-state index contributed by atoms with van der Waals surface area (Å²) in [4.78, 5) is 31.9. The van der Waals surface area contributed by atoms with Crippen LogP contribution in [0.15, 0.2) is 54.9 Å². The molecule has 30 heavy (non-hydrogen) atoms. The predicted molar refractivity (Wildman–Crippen MR) is 110 cm³/mol. The van der Waals surface area contributed by atoms with Crippen LogP contribution in [0.5, 0.6) is 5.75 Å². The minimum Gasteiger partial charge on any atom is -0.486 e. The number of Topliss-reactive ketones (excluding diaryl/α,β-unsaturated/α-hetero) is 1. The van der Waals surface area contributed by atoms with Gasteiger partial charge in [0.2, 0.25) is 0 Å². The van der Waals surface area contributed by atoms with Crippen LogP contribution >= 0.6 is 0 Å². The van der Waals surface area contributed by atoms with Crippen LogP contribution in [0.3, 0.4) is 0 Å². The third kappa shape index (κ3) is 3.07. The fourth-order valence-corrected chi connectivity index (χ4v) is 4.34. The van der Waals surface area contributed by atoms with E-state index < -0.39 is 5.60 Å². The SMILES string of the molecule is Cc1c(C(=O)N2CCC3(CC2)CC(=O)c2ccccc2O3)cnn1-c1ccccn1. The van der Waals surface area contributed by atoms with Gasteiger partial charge in [0.25, 0.3) is 5.91 Å². The molecule has 0 N–H and O–H groups in total. The molecule has 1 aromatic carbocycles. The molecular formula is C23H22N4O3. The Morgan fingerprint density at radius 2 is 1.87 bits per heavy atom. The number of hydrogen-bond acceptors (Lipinski definition) is 5. The monoisotopic (exact) mass is 402 g/mol. The van der Waals surface area contributed by atoms with Crippen molar-refractivity contribution in [3.05, 3.63) is 71.7 Å². The van der Waals surface area contributed by atoms with Crippen molar-refractivity contribution in [1.82, 2.24) is 19.7 Å². The summed E-state index contributed by atoms with van der Waals surface area (Å²) in [6.07, 6.45) is 4.93. The summed E-state index contributed by atoms with van der Waals surface area (Å²) < 4.78 is 7.95. The molecule has 0 radical (unpaired) electrons. The van der Waals surface area contributed by atoms with Crippen LogP contribution in [0.1, 0.15) is 45.7 Å². The van der Waals surface area contributed by atoms with E-state index in [9.17, 15) is 9.59 Å². The number of carbonyl (C=O) groups is 2. The molecule has 0 bridgehead atoms. The van der Waals surface area contributed by atoms with Gasteiger partial charge in [-0.15, -0.1) is 0 Å². The van der Waals surface area contributed by atoms with E-state index in [0.717, 1.165) is 5.69 Å². The lowest BCUT2D eigenvalue weighted by Gasteiger charge is -2.43. The van der Waals surface area contributed by atoms with Gasteiger partial charge in [-0.25, -0.2) is 9.67 Å². The summed E-state index contributed by atoms with van der Waals surface area (Å²) in [6.45, 7) is 2.96. The maximum Gasteiger partial charge on any atom is 0.257 e. The lowest BCUT2D eigenvalue weighted by molar-refractivity contribution is -0.00571. The van der Waals surface area contributed by atoms with Crippen LogP contribution < -0.4 is 4.74 Å². The minimum atomic E-state index is -0.518. The highest BCUT2D eigenvalue weighted by Gasteiger charge is 2.43. The van der Waals surface area contributed by atoms with Gasteiger partial charge in [-0.2, -0.15) is 5.10 Å². The van der Waals surface area contributed by atoms with Gasteiger partial charge < -0.3 is 9.64 Å². The van der Waals surface area contributed by atoms with E-state index in [4.69, 9.17) is 4.74 Å². The van der Waals surface area contributed by atoms with E-state index >= 15 is 0 Å². The molecule has 5 rings (SSSR count). The number of aromatic nitrogens is 3. The molecule has 7 nitrogen and oxygen atoms in total. The summed E-state index contributed by atoms with van der Waals surface area (Å²) in [6, 6.07) is 13.0. The number of hydrogen-bond donors (Lipinski definition) is 0. The summed E-state index contributed by atoms with van der Waals surface area (Å²) in [5.41, 5.74) is 1.47. The van der Waals surface area contributed by atoms with Crippen LogP contribution in [0.25, 0.3) is 5.82 Å². The maximum absolute atomic E-state index is 13.1. The smallest absolute Gasteiger partial charge is 0.257 e. The third-order valence-electron chi connectivity index (χ3n) is 6.07. The molecule has 2 aliphatic heterocycles. The normalized spacial score (nSPS) is 17.5. The van der Waals surface area contributed by atoms with Crippen LogP contribution in [0.4, 0.5) is 0 Å². The van der Waals surface area contributed by atoms with E-state index in [1.54, 1.807) is 17.1 Å². The van der Waals surface area contributed by atoms with E-state index in [1.807, 2.05) is 54.3 Å². The predicted octanol–water partition coefficient (Wildman–Crippen LogP) is 3.22. The molecule has 1 amide bonds. The first-order valence-corrected chi connectivity index (χ1v) is 10.1. The Labute approximate surface area is 174 Å². The molecule has 0 saturated carbocycles. The molecule has 2 aromatic heterocycles. The molecule has 0 atom stereocenters. The fourth-order valence-electron chi connectivity index (χ4n) is 4.34. The number of ether oxygens (including phenoxy) is 1. The number of carbonyl (C=O) groups excluding carboxylic acids is 2. The lowest BCUT2D eigenvalue weighted by atomic mass is 9.82. The zero-order valence-corrected chi connectivity index (χ0v) is 16.7. The average molecular weight is 402 g/mol. The first-order valence-electron chi connectivity index (χ1n) is 10.1. The van der Waals surface area contributed by atoms with Crippen molar-refractivity contribution in [2.45, 2.75) is 31.8 Å². The molecule has 4 heterocycles. The molecule has 1 fully saturated rings. The molecule has 152 valence electrons. The Hall–Kier alpha value is -3.48. The van der Waals surface area contributed by atoms with Gasteiger partial charge >= 0.3 is 0 Å². The number of piperidine rings is 1. The molecule has 3 aromatic rings. The van der Waals surface area contributed by atoms with Crippen molar-refractivity contribution in [1.29, 1.82) is 0 Å². The van der Waals surface area contributed by atoms with Crippen LogP contribution in [-0.4, -0.2) is 50.0 Å². The van der Waals surface area contributed by atoms with E-state index in [2.05, 4.69) is 10.1 Å². The lowest BCUT2D eigenvalue weighted by Crippen LogP contribution is -2.52. The first-order chi connectivity index (χ1) is 14.6. The van der Waals surface area contributed by atoms with E-state index in [0.29, 0.717) is 55.0 Å². The Kier molecular flexibility index (Phi) is 4.38. The van der Waals surface area contributed by atoms with Gasteiger partial charge in [0.1, 0.15) is 11.4 Å². The van der Waals surface area contributed by atoms with E-state index in [1.165, 1.54) is 0 Å². The zero-order valence-electron chi connectivity index (χ0n) is 16.7. The molecular weight excluding hydrogens is 380 g/mol. The van der Waals surface area contributed by atoms with Crippen LogP contribution in [0.2, 0.25) is 0 Å². The van der Waals surface area contributed by atoms with Gasteiger partial charge in [0.05, 0.1) is 29.4 Å². The number of amides is 1. The van der Waals surface area contributed by atoms with Gasteiger partial charge in [0, 0.05) is 32.1 Å². The fraction of sp³-hybridized carbons (Fsp3) is 0.304. The van der Waals surface area contributed by atoms with Crippen molar-refractivity contribution in [3.8, 4) is 11.6 Å². The van der Waals surface area contributed by atoms with Crippen LogP contribution in [-0.2, 0) is 0 Å². The topological polar surface area (TPSA) is 77.3 Å². The minimum absolute atomic E-state index is 0.0490. The van der Waals surface area contributed by atoms with Crippen molar-refractivity contribution < 1.29 is 14.3 Å². The van der Waals surface area contributed by atoms with Crippen LogP contribution in [0, 0.1) is 6.92 Å². The quantitative estimate of drug-likeness (QED) is 0.658. The highest BCUT2D eigenvalue weighted by molar-refractivity contribution is 6.00. The summed E-state index contributed by atoms with van der Waals surface area (Å²) in [5.74, 6) is 1.40. The number of benzene rings is 1. The molecule has 1 spiro atoms. The van der Waals surface area contributed by atoms with Crippen molar-refractivity contribution in [2.24, 2.45) is 0 Å². The Balaban J connectivity index is 1.32. The second-order valence-corrected chi connectivity index (χ2v) is 7.92. The van der Waals surface area contributed by atoms with Gasteiger partial charge in [-0.05, 0) is 31.2 Å². The number of para-hydroxylation sites is 1. The molecule has 1 saturated heterocycles. The van der Waals surface area contributed by atoms with Gasteiger partial charge in [-0.3, -0.25) is 9.59 Å². The number of fused-ring (bicyclic) bond motifs is 1.